The van der Waals surface area contributed by atoms with Gasteiger partial charge in [-0.05, 0) is 55.9 Å². The van der Waals surface area contributed by atoms with Crippen molar-refractivity contribution in [3.05, 3.63) is 52.5 Å². The van der Waals surface area contributed by atoms with Crippen LogP contribution in [0.3, 0.4) is 0 Å². The maximum Gasteiger partial charge on any atom is 0.325 e. The standard InChI is InChI=1S/C29H37F3N4O3/c1-29(31,32)20-16-23(26(39-3)24(30)17-20)25(28(37)38)36-15-12-22(18-36)35(2)14-6-4-5-9-21-11-10-19-8-7-13-33-27(19)34-21/h10-11,16-17,25H,4-9,12-15,18H2,1-3H3,(H-,33,34,37,38)/p+1. The molecule has 4 rings (SSSR count). The van der Waals surface area contributed by atoms with Crippen LogP contribution in [0, 0.1) is 5.82 Å². The van der Waals surface area contributed by atoms with Gasteiger partial charge in [0.2, 0.25) is 0 Å². The number of aromatic nitrogens is 1. The van der Waals surface area contributed by atoms with E-state index in [0.717, 1.165) is 74.9 Å². The monoisotopic (exact) mass is 547 g/mol. The second-order valence-corrected chi connectivity index (χ2v) is 10.6. The molecule has 212 valence electrons. The van der Waals surface area contributed by atoms with Gasteiger partial charge in [-0.25, -0.2) is 22.7 Å². The quantitative estimate of drug-likeness (QED) is 0.304. The van der Waals surface area contributed by atoms with E-state index in [4.69, 9.17) is 9.72 Å². The predicted molar refractivity (Wildman–Crippen MR) is 144 cm³/mol. The molecule has 3 heterocycles. The largest absolute Gasteiger partial charge is 0.493 e. The van der Waals surface area contributed by atoms with Crippen molar-refractivity contribution in [1.29, 1.82) is 0 Å². The molecule has 0 bridgehead atoms. The minimum Gasteiger partial charge on any atom is -0.493 e. The highest BCUT2D eigenvalue weighted by molar-refractivity contribution is 5.86. The first-order chi connectivity index (χ1) is 18.6. The number of pyridine rings is 1. The lowest BCUT2D eigenvalue weighted by atomic mass is 9.98. The molecule has 2 N–H and O–H groups in total. The summed E-state index contributed by atoms with van der Waals surface area (Å²) < 4.78 is 49.9. The summed E-state index contributed by atoms with van der Waals surface area (Å²) in [4.78, 5) is 18.7. The number of fused-ring (bicyclic) bond motifs is 1. The number of likely N-dealkylation sites (tertiary alicyclic amines) is 1. The van der Waals surface area contributed by atoms with Gasteiger partial charge < -0.3 is 15.2 Å². The van der Waals surface area contributed by atoms with Crippen molar-refractivity contribution in [3.8, 4) is 5.75 Å². The minimum absolute atomic E-state index is 0.101. The van der Waals surface area contributed by atoms with Crippen LogP contribution in [0.2, 0.25) is 0 Å². The fourth-order valence-electron chi connectivity index (χ4n) is 5.47. The molecule has 0 spiro atoms. The number of unbranched alkanes of at least 4 members (excludes halogenated alkanes) is 2. The zero-order valence-electron chi connectivity index (χ0n) is 22.9. The summed E-state index contributed by atoms with van der Waals surface area (Å²) in [5, 5.41) is 13.4. The van der Waals surface area contributed by atoms with Gasteiger partial charge in [0.25, 0.3) is 5.92 Å². The number of carbonyl (C=O) groups is 1. The van der Waals surface area contributed by atoms with E-state index >= 15 is 0 Å². The van der Waals surface area contributed by atoms with Gasteiger partial charge in [0, 0.05) is 49.7 Å². The van der Waals surface area contributed by atoms with Crippen LogP contribution in [0.25, 0.3) is 0 Å². The topological polar surface area (TPSA) is 77.7 Å². The molecule has 10 heteroatoms. The average Bonchev–Trinajstić information content (AvgIpc) is 3.37. The van der Waals surface area contributed by atoms with E-state index in [2.05, 4.69) is 22.0 Å². The molecule has 0 aliphatic carbocycles. The number of rotatable bonds is 11. The predicted octanol–water partition coefficient (Wildman–Crippen LogP) is 5.03. The van der Waals surface area contributed by atoms with Crippen LogP contribution in [0.5, 0.6) is 5.75 Å². The van der Waals surface area contributed by atoms with Crippen molar-refractivity contribution in [1.82, 2.24) is 9.88 Å². The molecule has 1 aromatic carbocycles. The van der Waals surface area contributed by atoms with Gasteiger partial charge in [-0.2, -0.15) is 0 Å². The summed E-state index contributed by atoms with van der Waals surface area (Å²) in [6.07, 6.45) is 6.87. The second kappa shape index (κ2) is 12.4. The number of nitrogens with one attached hydrogen (secondary N) is 1. The zero-order chi connectivity index (χ0) is 28.2. The van der Waals surface area contributed by atoms with Crippen molar-refractivity contribution in [2.45, 2.75) is 63.8 Å². The first-order valence-electron chi connectivity index (χ1n) is 13.6. The number of aryl methyl sites for hydroxylation is 2. The number of anilines is 1. The number of nitrogens with zero attached hydrogens (tertiary/aromatic N) is 3. The van der Waals surface area contributed by atoms with Gasteiger partial charge in [0.15, 0.2) is 17.3 Å². The van der Waals surface area contributed by atoms with Gasteiger partial charge in [-0.15, -0.1) is 0 Å². The molecule has 0 saturated carbocycles. The Labute approximate surface area is 227 Å². The third-order valence-corrected chi connectivity index (χ3v) is 7.67. The molecule has 2 aromatic rings. The molecule has 1 fully saturated rings. The summed E-state index contributed by atoms with van der Waals surface area (Å²) in [6, 6.07) is 4.75. The molecule has 2 aliphatic heterocycles. The Morgan fingerprint density at radius 3 is 2.77 bits per heavy atom. The number of hydrogen-bond acceptors (Lipinski definition) is 5. The fraction of sp³-hybridized carbons (Fsp3) is 0.552. The number of alkyl halides is 2. The third kappa shape index (κ3) is 6.90. The lowest BCUT2D eigenvalue weighted by Gasteiger charge is -2.26. The maximum absolute atomic E-state index is 14.7. The second-order valence-electron chi connectivity index (χ2n) is 10.6. The fourth-order valence-corrected chi connectivity index (χ4v) is 5.47. The number of halogens is 3. The van der Waals surface area contributed by atoms with Gasteiger partial charge >= 0.3 is 5.97 Å². The van der Waals surface area contributed by atoms with E-state index in [1.54, 1.807) is 4.90 Å². The van der Waals surface area contributed by atoms with E-state index in [1.807, 2.05) is 7.05 Å². The summed E-state index contributed by atoms with van der Waals surface area (Å²) >= 11 is 0. The van der Waals surface area contributed by atoms with Gasteiger partial charge in [-0.1, -0.05) is 6.07 Å². The number of ether oxygens (including phenoxy) is 1. The molecule has 1 saturated heterocycles. The van der Waals surface area contributed by atoms with Crippen molar-refractivity contribution in [3.63, 3.8) is 0 Å². The van der Waals surface area contributed by atoms with Crippen molar-refractivity contribution in [2.24, 2.45) is 0 Å². The lowest BCUT2D eigenvalue weighted by Crippen LogP contribution is -2.34. The van der Waals surface area contributed by atoms with Crippen LogP contribution in [0.15, 0.2) is 24.3 Å². The highest BCUT2D eigenvalue weighted by atomic mass is 19.3. The highest BCUT2D eigenvalue weighted by Gasteiger charge is 2.38. The normalized spacial score (nSPS) is 17.9. The number of methoxy groups -OCH3 is 1. The Hall–Kier alpha value is -3.14. The number of hydrogen-bond donors (Lipinski definition) is 2. The van der Waals surface area contributed by atoms with Crippen molar-refractivity contribution >= 4 is 17.5 Å². The lowest BCUT2D eigenvalue weighted by molar-refractivity contribution is -0.499. The Kier molecular flexibility index (Phi) is 9.15. The summed E-state index contributed by atoms with van der Waals surface area (Å²) in [6.45, 7) is 3.24. The van der Waals surface area contributed by atoms with Crippen LogP contribution in [-0.4, -0.2) is 71.6 Å². The molecule has 7 nitrogen and oxygen atoms in total. The first kappa shape index (κ1) is 28.9. The van der Waals surface area contributed by atoms with Crippen molar-refractivity contribution in [2.75, 3.05) is 45.7 Å². The van der Waals surface area contributed by atoms with E-state index < -0.39 is 29.3 Å². The first-order valence-corrected chi connectivity index (χ1v) is 13.6. The summed E-state index contributed by atoms with van der Waals surface area (Å²) in [5.74, 6) is -4.85. The molecular formula is C29H38F3N4O3+. The van der Waals surface area contributed by atoms with Crippen LogP contribution in [0.4, 0.5) is 19.0 Å². The number of benzene rings is 1. The van der Waals surface area contributed by atoms with Crippen LogP contribution in [-0.2, 0) is 23.6 Å². The number of carboxylic acids is 1. The van der Waals surface area contributed by atoms with Gasteiger partial charge in [0.1, 0.15) is 25.5 Å². The molecule has 1 aromatic heterocycles. The van der Waals surface area contributed by atoms with Crippen molar-refractivity contribution < 1.29 is 32.4 Å². The summed E-state index contributed by atoms with van der Waals surface area (Å²) in [5.41, 5.74) is 2.79. The SMILES string of the molecule is COc1c(F)cc(C(C)(F)F)cc1C(C(=O)O)N1CCC(=[N+](C)CCCCCc2ccc3c(n2)NCCC3)C1. The molecule has 0 radical (unpaired) electrons. The van der Waals surface area contributed by atoms with E-state index in [0.29, 0.717) is 32.5 Å². The Balaban J connectivity index is 1.36. The van der Waals surface area contributed by atoms with E-state index in [-0.39, 0.29) is 11.3 Å². The van der Waals surface area contributed by atoms with E-state index in [1.165, 1.54) is 12.7 Å². The van der Waals surface area contributed by atoms with E-state index in [9.17, 15) is 23.1 Å². The maximum atomic E-state index is 14.7. The molecule has 1 unspecified atom stereocenters. The summed E-state index contributed by atoms with van der Waals surface area (Å²) in [7, 11) is 3.20. The molecule has 2 aliphatic rings. The van der Waals surface area contributed by atoms with Crippen LogP contribution in [0.1, 0.15) is 67.5 Å². The third-order valence-electron chi connectivity index (χ3n) is 7.67. The average molecular weight is 548 g/mol. The molecule has 39 heavy (non-hydrogen) atoms. The Bertz CT molecular complexity index is 1230. The van der Waals surface area contributed by atoms with Crippen LogP contribution >= 0.6 is 0 Å². The van der Waals surface area contributed by atoms with Crippen LogP contribution < -0.4 is 10.1 Å². The van der Waals surface area contributed by atoms with Gasteiger partial charge in [-0.3, -0.25) is 9.69 Å². The zero-order valence-corrected chi connectivity index (χ0v) is 22.9. The molecule has 1 atom stereocenters. The molecular weight excluding hydrogens is 509 g/mol. The minimum atomic E-state index is -3.32. The molecule has 0 amide bonds. The number of aliphatic carboxylic acids is 1. The highest BCUT2D eigenvalue weighted by Crippen LogP contribution is 2.38. The smallest absolute Gasteiger partial charge is 0.325 e. The van der Waals surface area contributed by atoms with Gasteiger partial charge in [0.05, 0.1) is 13.7 Å². The Morgan fingerprint density at radius 2 is 2.05 bits per heavy atom. The Morgan fingerprint density at radius 1 is 1.26 bits per heavy atom. The number of carboxylic acid groups (broad SMARTS) is 1.